The number of amides is 1. The van der Waals surface area contributed by atoms with Crippen molar-refractivity contribution in [2.75, 3.05) is 7.11 Å². The molecule has 29 heavy (non-hydrogen) atoms. The van der Waals surface area contributed by atoms with Crippen LogP contribution in [-0.2, 0) is 17.7 Å². The van der Waals surface area contributed by atoms with Gasteiger partial charge in [0, 0.05) is 17.0 Å². The zero-order chi connectivity index (χ0) is 20.6. The lowest BCUT2D eigenvalue weighted by Crippen LogP contribution is -2.41. The molecule has 3 rings (SSSR count). The average Bonchev–Trinajstić information content (AvgIpc) is 3.25. The third-order valence-corrected chi connectivity index (χ3v) is 6.38. The Hall–Kier alpha value is -2.21. The number of methoxy groups -OCH3 is 1. The van der Waals surface area contributed by atoms with Crippen LogP contribution >= 0.6 is 11.3 Å². The number of benzene rings is 1. The first-order valence-electron chi connectivity index (χ1n) is 10.5. The van der Waals surface area contributed by atoms with Gasteiger partial charge in [0.1, 0.15) is 5.01 Å². The van der Waals surface area contributed by atoms with E-state index in [0.29, 0.717) is 12.2 Å². The predicted octanol–water partition coefficient (Wildman–Crippen LogP) is 5.25. The molecule has 1 aliphatic rings. The number of aryl methyl sites for hydroxylation is 1. The Morgan fingerprint density at radius 2 is 1.90 bits per heavy atom. The number of ether oxygens (including phenoxy) is 1. The maximum atomic E-state index is 13.4. The minimum atomic E-state index is -0.439. The SMILES string of the molecule is CCCCc1ccc(C(=O)N(Cc2nc(C(=O)OC)cs2)C2CCCCC2)cc1. The molecule has 1 aromatic heterocycles. The lowest BCUT2D eigenvalue weighted by molar-refractivity contribution is 0.0594. The molecule has 0 saturated heterocycles. The Kier molecular flexibility index (Phi) is 7.81. The average molecular weight is 415 g/mol. The van der Waals surface area contributed by atoms with Gasteiger partial charge in [-0.1, -0.05) is 44.7 Å². The van der Waals surface area contributed by atoms with Gasteiger partial charge in [-0.2, -0.15) is 0 Å². The molecule has 0 atom stereocenters. The molecular weight excluding hydrogens is 384 g/mol. The number of thiazole rings is 1. The third kappa shape index (κ3) is 5.66. The lowest BCUT2D eigenvalue weighted by atomic mass is 9.93. The van der Waals surface area contributed by atoms with Gasteiger partial charge < -0.3 is 9.64 Å². The van der Waals surface area contributed by atoms with Gasteiger partial charge in [-0.15, -0.1) is 11.3 Å². The molecule has 0 N–H and O–H groups in total. The van der Waals surface area contributed by atoms with Gasteiger partial charge in [-0.25, -0.2) is 9.78 Å². The van der Waals surface area contributed by atoms with Crippen LogP contribution in [0.15, 0.2) is 29.6 Å². The van der Waals surface area contributed by atoms with E-state index in [4.69, 9.17) is 4.74 Å². The second kappa shape index (κ2) is 10.5. The molecule has 0 spiro atoms. The van der Waals surface area contributed by atoms with E-state index in [-0.39, 0.29) is 11.9 Å². The van der Waals surface area contributed by atoms with Gasteiger partial charge >= 0.3 is 5.97 Å². The molecule has 1 aromatic carbocycles. The van der Waals surface area contributed by atoms with Gasteiger partial charge in [0.2, 0.25) is 0 Å². The second-order valence-electron chi connectivity index (χ2n) is 7.64. The molecule has 0 radical (unpaired) electrons. The van der Waals surface area contributed by atoms with Crippen molar-refractivity contribution in [3.05, 3.63) is 51.5 Å². The summed E-state index contributed by atoms with van der Waals surface area (Å²) in [5, 5.41) is 2.47. The molecule has 0 aliphatic heterocycles. The number of rotatable bonds is 8. The molecule has 5 nitrogen and oxygen atoms in total. The van der Waals surface area contributed by atoms with E-state index in [0.717, 1.165) is 55.5 Å². The van der Waals surface area contributed by atoms with E-state index >= 15 is 0 Å². The van der Waals surface area contributed by atoms with Gasteiger partial charge in [-0.3, -0.25) is 4.79 Å². The molecule has 1 amide bonds. The van der Waals surface area contributed by atoms with Gasteiger partial charge in [0.05, 0.1) is 13.7 Å². The minimum absolute atomic E-state index is 0.0498. The van der Waals surface area contributed by atoms with Crippen LogP contribution in [0, 0.1) is 0 Å². The summed E-state index contributed by atoms with van der Waals surface area (Å²) >= 11 is 1.40. The fraction of sp³-hybridized carbons (Fsp3) is 0.522. The Morgan fingerprint density at radius 3 is 2.55 bits per heavy atom. The Labute approximate surface area is 177 Å². The molecule has 156 valence electrons. The maximum Gasteiger partial charge on any atom is 0.357 e. The number of hydrogen-bond donors (Lipinski definition) is 0. The van der Waals surface area contributed by atoms with Crippen LogP contribution in [0.1, 0.15) is 83.3 Å². The van der Waals surface area contributed by atoms with Crippen LogP contribution < -0.4 is 0 Å². The molecule has 1 aliphatic carbocycles. The van der Waals surface area contributed by atoms with Crippen LogP contribution in [0.4, 0.5) is 0 Å². The van der Waals surface area contributed by atoms with Crippen molar-refractivity contribution in [3.63, 3.8) is 0 Å². The first kappa shape index (κ1) is 21.5. The molecule has 1 heterocycles. The van der Waals surface area contributed by atoms with Crippen molar-refractivity contribution >= 4 is 23.2 Å². The van der Waals surface area contributed by atoms with E-state index in [1.165, 1.54) is 30.4 Å². The molecule has 0 unspecified atom stereocenters. The van der Waals surface area contributed by atoms with Crippen LogP contribution in [0.25, 0.3) is 0 Å². The van der Waals surface area contributed by atoms with Crippen molar-refractivity contribution in [2.24, 2.45) is 0 Å². The number of carbonyl (C=O) groups is 2. The van der Waals surface area contributed by atoms with Crippen molar-refractivity contribution in [1.29, 1.82) is 0 Å². The van der Waals surface area contributed by atoms with Gasteiger partial charge in [0.15, 0.2) is 5.69 Å². The largest absolute Gasteiger partial charge is 0.464 e. The molecule has 2 aromatic rings. The number of esters is 1. The zero-order valence-corrected chi connectivity index (χ0v) is 18.2. The van der Waals surface area contributed by atoms with Gasteiger partial charge in [-0.05, 0) is 43.4 Å². The highest BCUT2D eigenvalue weighted by Gasteiger charge is 2.27. The summed E-state index contributed by atoms with van der Waals surface area (Å²) in [6, 6.07) is 8.26. The van der Waals surface area contributed by atoms with Crippen LogP contribution in [0.3, 0.4) is 0 Å². The van der Waals surface area contributed by atoms with Gasteiger partial charge in [0.25, 0.3) is 5.91 Å². The normalized spacial score (nSPS) is 14.6. The summed E-state index contributed by atoms with van der Waals surface area (Å²) in [5.74, 6) is -0.389. The number of unbranched alkanes of at least 4 members (excludes halogenated alkanes) is 1. The van der Waals surface area contributed by atoms with Crippen LogP contribution in [0.5, 0.6) is 0 Å². The number of nitrogens with zero attached hydrogens (tertiary/aromatic N) is 2. The highest BCUT2D eigenvalue weighted by Crippen LogP contribution is 2.27. The predicted molar refractivity (Wildman–Crippen MR) is 115 cm³/mol. The van der Waals surface area contributed by atoms with E-state index in [9.17, 15) is 9.59 Å². The van der Waals surface area contributed by atoms with Crippen molar-refractivity contribution in [3.8, 4) is 0 Å². The van der Waals surface area contributed by atoms with E-state index < -0.39 is 5.97 Å². The summed E-state index contributed by atoms with van der Waals surface area (Å²) < 4.78 is 4.75. The fourth-order valence-electron chi connectivity index (χ4n) is 3.85. The molecule has 1 fully saturated rings. The van der Waals surface area contributed by atoms with E-state index in [1.54, 1.807) is 5.38 Å². The topological polar surface area (TPSA) is 59.5 Å². The molecule has 1 saturated carbocycles. The van der Waals surface area contributed by atoms with Crippen molar-refractivity contribution in [2.45, 2.75) is 70.9 Å². The molecule has 6 heteroatoms. The first-order chi connectivity index (χ1) is 14.1. The summed E-state index contributed by atoms with van der Waals surface area (Å²) in [6.45, 7) is 2.62. The fourth-order valence-corrected chi connectivity index (χ4v) is 4.61. The summed E-state index contributed by atoms with van der Waals surface area (Å²) in [4.78, 5) is 31.4. The Bertz CT molecular complexity index is 810. The quantitative estimate of drug-likeness (QED) is 0.554. The third-order valence-electron chi connectivity index (χ3n) is 5.55. The first-order valence-corrected chi connectivity index (χ1v) is 11.4. The standard InChI is InChI=1S/C23H30N2O3S/c1-3-4-8-17-11-13-18(14-12-17)22(26)25(19-9-6-5-7-10-19)15-21-24-20(16-29-21)23(27)28-2/h11-14,16,19H,3-10,15H2,1-2H3. The summed E-state index contributed by atoms with van der Waals surface area (Å²) in [5.41, 5.74) is 2.31. The molecule has 0 bridgehead atoms. The summed E-state index contributed by atoms with van der Waals surface area (Å²) in [7, 11) is 1.35. The van der Waals surface area contributed by atoms with E-state index in [1.807, 2.05) is 17.0 Å². The highest BCUT2D eigenvalue weighted by molar-refractivity contribution is 7.09. The van der Waals surface area contributed by atoms with Crippen molar-refractivity contribution in [1.82, 2.24) is 9.88 Å². The second-order valence-corrected chi connectivity index (χ2v) is 8.59. The van der Waals surface area contributed by atoms with E-state index in [2.05, 4.69) is 24.0 Å². The number of carbonyl (C=O) groups excluding carboxylic acids is 2. The lowest BCUT2D eigenvalue weighted by Gasteiger charge is -2.34. The van der Waals surface area contributed by atoms with Crippen molar-refractivity contribution < 1.29 is 14.3 Å². The number of hydrogen-bond acceptors (Lipinski definition) is 5. The Balaban J connectivity index is 1.78. The number of aromatic nitrogens is 1. The highest BCUT2D eigenvalue weighted by atomic mass is 32.1. The monoisotopic (exact) mass is 414 g/mol. The van der Waals surface area contributed by atoms with Crippen LogP contribution in [-0.4, -0.2) is 34.9 Å². The smallest absolute Gasteiger partial charge is 0.357 e. The Morgan fingerprint density at radius 1 is 1.17 bits per heavy atom. The summed E-state index contributed by atoms with van der Waals surface area (Å²) in [6.07, 6.45) is 8.95. The minimum Gasteiger partial charge on any atom is -0.464 e. The van der Waals surface area contributed by atoms with Crippen LogP contribution in [0.2, 0.25) is 0 Å². The molecular formula is C23H30N2O3S. The maximum absolute atomic E-state index is 13.4. The zero-order valence-electron chi connectivity index (χ0n) is 17.4.